The van der Waals surface area contributed by atoms with Gasteiger partial charge in [-0.2, -0.15) is 0 Å². The Labute approximate surface area is 53.4 Å². The van der Waals surface area contributed by atoms with Crippen LogP contribution in [0.5, 0.6) is 0 Å². The normalized spacial score (nSPS) is 18.9. The highest BCUT2D eigenvalue weighted by Gasteiger charge is 2.02. The quantitative estimate of drug-likeness (QED) is 0.616. The fourth-order valence-corrected chi connectivity index (χ4v) is 0.730. The van der Waals surface area contributed by atoms with Crippen molar-refractivity contribution in [1.82, 2.24) is 0 Å². The SMILES string of the molecule is CC(N)C(C)CBr. The summed E-state index contributed by atoms with van der Waals surface area (Å²) in [6, 6.07) is 0.319. The molecule has 2 N–H and O–H groups in total. The molecule has 1 nitrogen and oxygen atoms in total. The third-order valence-corrected chi connectivity index (χ3v) is 2.16. The van der Waals surface area contributed by atoms with E-state index in [4.69, 9.17) is 5.73 Å². The summed E-state index contributed by atoms with van der Waals surface area (Å²) in [5, 5.41) is 1.00. The van der Waals surface area contributed by atoms with Crippen LogP contribution in [-0.2, 0) is 0 Å². The molecule has 0 saturated carbocycles. The summed E-state index contributed by atoms with van der Waals surface area (Å²) in [5.74, 6) is 0.597. The minimum atomic E-state index is 0.319. The van der Waals surface area contributed by atoms with Crippen molar-refractivity contribution in [2.24, 2.45) is 11.7 Å². The number of halogens is 1. The molecule has 7 heavy (non-hydrogen) atoms. The molecule has 0 aromatic rings. The van der Waals surface area contributed by atoms with Gasteiger partial charge in [0, 0.05) is 11.4 Å². The molecule has 0 aliphatic carbocycles. The van der Waals surface area contributed by atoms with Gasteiger partial charge in [0.25, 0.3) is 0 Å². The first-order valence-electron chi connectivity index (χ1n) is 2.50. The zero-order valence-corrected chi connectivity index (χ0v) is 6.40. The van der Waals surface area contributed by atoms with Gasteiger partial charge in [-0.15, -0.1) is 0 Å². The van der Waals surface area contributed by atoms with E-state index in [1.807, 2.05) is 6.92 Å². The summed E-state index contributed by atoms with van der Waals surface area (Å²) in [6.45, 7) is 4.14. The van der Waals surface area contributed by atoms with Crippen molar-refractivity contribution in [3.8, 4) is 0 Å². The average molecular weight is 166 g/mol. The molecule has 2 heteroatoms. The van der Waals surface area contributed by atoms with Crippen LogP contribution in [0.1, 0.15) is 13.8 Å². The predicted molar refractivity (Wildman–Crippen MR) is 36.6 cm³/mol. The van der Waals surface area contributed by atoms with E-state index in [0.717, 1.165) is 5.33 Å². The van der Waals surface area contributed by atoms with Crippen molar-refractivity contribution >= 4 is 15.9 Å². The van der Waals surface area contributed by atoms with Crippen molar-refractivity contribution in [3.05, 3.63) is 0 Å². The molecule has 0 aromatic carbocycles. The molecule has 0 spiro atoms. The Morgan fingerprint density at radius 3 is 2.00 bits per heavy atom. The van der Waals surface area contributed by atoms with Crippen LogP contribution in [-0.4, -0.2) is 11.4 Å². The number of rotatable bonds is 2. The van der Waals surface area contributed by atoms with Gasteiger partial charge in [0.1, 0.15) is 0 Å². The Hall–Kier alpha value is 0.440. The molecule has 0 fully saturated rings. The van der Waals surface area contributed by atoms with Crippen LogP contribution in [0.15, 0.2) is 0 Å². The molecule has 2 atom stereocenters. The van der Waals surface area contributed by atoms with Gasteiger partial charge < -0.3 is 5.73 Å². The zero-order valence-electron chi connectivity index (χ0n) is 4.82. The van der Waals surface area contributed by atoms with Crippen LogP contribution < -0.4 is 5.73 Å². The van der Waals surface area contributed by atoms with E-state index < -0.39 is 0 Å². The molecule has 0 amide bonds. The van der Waals surface area contributed by atoms with Crippen molar-refractivity contribution in [2.45, 2.75) is 19.9 Å². The Bertz CT molecular complexity index is 45.3. The highest BCUT2D eigenvalue weighted by molar-refractivity contribution is 9.09. The topological polar surface area (TPSA) is 26.0 Å². The lowest BCUT2D eigenvalue weighted by Crippen LogP contribution is -2.24. The second-order valence-electron chi connectivity index (χ2n) is 1.99. The second kappa shape index (κ2) is 3.44. The molecular formula is C5H12BrN. The number of hydrogen-bond acceptors (Lipinski definition) is 1. The fraction of sp³-hybridized carbons (Fsp3) is 1.00. The molecule has 2 unspecified atom stereocenters. The third kappa shape index (κ3) is 3.06. The van der Waals surface area contributed by atoms with Crippen LogP contribution in [0.2, 0.25) is 0 Å². The molecule has 0 saturated heterocycles. The number of nitrogens with two attached hydrogens (primary N) is 1. The predicted octanol–water partition coefficient (Wildman–Crippen LogP) is 1.36. The van der Waals surface area contributed by atoms with E-state index in [-0.39, 0.29) is 0 Å². The summed E-state index contributed by atoms with van der Waals surface area (Å²) in [4.78, 5) is 0. The Morgan fingerprint density at radius 1 is 1.57 bits per heavy atom. The smallest absolute Gasteiger partial charge is 0.00716 e. The van der Waals surface area contributed by atoms with E-state index in [1.54, 1.807) is 0 Å². The second-order valence-corrected chi connectivity index (χ2v) is 2.64. The summed E-state index contributed by atoms with van der Waals surface area (Å²) in [5.41, 5.74) is 5.52. The summed E-state index contributed by atoms with van der Waals surface area (Å²) in [7, 11) is 0. The molecular weight excluding hydrogens is 154 g/mol. The lowest BCUT2D eigenvalue weighted by atomic mass is 10.1. The minimum Gasteiger partial charge on any atom is -0.328 e. The lowest BCUT2D eigenvalue weighted by molar-refractivity contribution is 0.540. The van der Waals surface area contributed by atoms with Crippen molar-refractivity contribution in [1.29, 1.82) is 0 Å². The zero-order chi connectivity index (χ0) is 5.86. The first kappa shape index (κ1) is 7.44. The monoisotopic (exact) mass is 165 g/mol. The number of hydrogen-bond donors (Lipinski definition) is 1. The van der Waals surface area contributed by atoms with Gasteiger partial charge in [0.15, 0.2) is 0 Å². The molecule has 44 valence electrons. The maximum Gasteiger partial charge on any atom is 0.00716 e. The van der Waals surface area contributed by atoms with Crippen molar-refractivity contribution in [3.63, 3.8) is 0 Å². The molecule has 0 rings (SSSR count). The lowest BCUT2D eigenvalue weighted by Gasteiger charge is -2.09. The summed E-state index contributed by atoms with van der Waals surface area (Å²) >= 11 is 3.34. The van der Waals surface area contributed by atoms with Gasteiger partial charge >= 0.3 is 0 Å². The molecule has 0 radical (unpaired) electrons. The van der Waals surface area contributed by atoms with Crippen LogP contribution in [0.4, 0.5) is 0 Å². The van der Waals surface area contributed by atoms with Crippen LogP contribution in [0.3, 0.4) is 0 Å². The molecule has 0 aliphatic rings. The Kier molecular flexibility index (Phi) is 3.66. The number of alkyl halides is 1. The maximum atomic E-state index is 5.52. The summed E-state index contributed by atoms with van der Waals surface area (Å²) < 4.78 is 0. The third-order valence-electron chi connectivity index (χ3n) is 1.14. The van der Waals surface area contributed by atoms with Crippen LogP contribution in [0, 0.1) is 5.92 Å². The van der Waals surface area contributed by atoms with E-state index in [9.17, 15) is 0 Å². The largest absolute Gasteiger partial charge is 0.328 e. The Balaban J connectivity index is 3.14. The van der Waals surface area contributed by atoms with Crippen LogP contribution >= 0.6 is 15.9 Å². The maximum absolute atomic E-state index is 5.52. The molecule has 0 bridgehead atoms. The van der Waals surface area contributed by atoms with E-state index in [2.05, 4.69) is 22.9 Å². The van der Waals surface area contributed by atoms with Gasteiger partial charge in [-0.05, 0) is 12.8 Å². The first-order chi connectivity index (χ1) is 3.18. The van der Waals surface area contributed by atoms with Gasteiger partial charge in [-0.1, -0.05) is 22.9 Å². The van der Waals surface area contributed by atoms with E-state index >= 15 is 0 Å². The summed E-state index contributed by atoms with van der Waals surface area (Å²) in [6.07, 6.45) is 0. The van der Waals surface area contributed by atoms with Crippen LogP contribution in [0.25, 0.3) is 0 Å². The Morgan fingerprint density at radius 2 is 2.00 bits per heavy atom. The van der Waals surface area contributed by atoms with E-state index in [1.165, 1.54) is 0 Å². The fourth-order valence-electron chi connectivity index (χ4n) is 0.141. The van der Waals surface area contributed by atoms with Gasteiger partial charge in [0.2, 0.25) is 0 Å². The molecule has 0 aliphatic heterocycles. The van der Waals surface area contributed by atoms with Crippen molar-refractivity contribution < 1.29 is 0 Å². The average Bonchev–Trinajstić information content (AvgIpc) is 1.65. The van der Waals surface area contributed by atoms with Crippen molar-refractivity contribution in [2.75, 3.05) is 5.33 Å². The highest BCUT2D eigenvalue weighted by Crippen LogP contribution is 2.01. The highest BCUT2D eigenvalue weighted by atomic mass is 79.9. The van der Waals surface area contributed by atoms with Gasteiger partial charge in [0.05, 0.1) is 0 Å². The molecule has 0 aromatic heterocycles. The minimum absolute atomic E-state index is 0.319. The van der Waals surface area contributed by atoms with E-state index in [0.29, 0.717) is 12.0 Å². The van der Waals surface area contributed by atoms with Gasteiger partial charge in [-0.3, -0.25) is 0 Å². The standard InChI is InChI=1S/C5H12BrN/c1-4(3-6)5(2)7/h4-5H,3,7H2,1-2H3. The molecule has 0 heterocycles. The van der Waals surface area contributed by atoms with Gasteiger partial charge in [-0.25, -0.2) is 0 Å². The first-order valence-corrected chi connectivity index (χ1v) is 3.62.